The third-order valence-corrected chi connectivity index (χ3v) is 4.85. The molecule has 0 heterocycles. The summed E-state index contributed by atoms with van der Waals surface area (Å²) >= 11 is 3.08. The molecular weight excluding hydrogens is 358 g/mol. The molecule has 0 fully saturated rings. The standard InChI is InChI=1S/C14H12BrNO4S/c1-9-2-4-10(5-3-9)16-21(19,20)11-6-7-13(15)12(8-11)14(17)18/h2-8,16H,1H3,(H,17,18). The number of carboxylic acid groups (broad SMARTS) is 1. The molecule has 0 aliphatic carbocycles. The highest BCUT2D eigenvalue weighted by atomic mass is 79.9. The summed E-state index contributed by atoms with van der Waals surface area (Å²) in [6, 6.07) is 10.7. The number of hydrogen-bond donors (Lipinski definition) is 2. The van der Waals surface area contributed by atoms with Crippen LogP contribution >= 0.6 is 15.9 Å². The van der Waals surface area contributed by atoms with Crippen LogP contribution in [0.3, 0.4) is 0 Å². The van der Waals surface area contributed by atoms with Gasteiger partial charge in [0, 0.05) is 10.2 Å². The zero-order valence-electron chi connectivity index (χ0n) is 11.0. The molecule has 7 heteroatoms. The summed E-state index contributed by atoms with van der Waals surface area (Å²) in [4.78, 5) is 10.9. The van der Waals surface area contributed by atoms with Gasteiger partial charge in [-0.3, -0.25) is 4.72 Å². The number of carbonyl (C=O) groups is 1. The Hall–Kier alpha value is -1.86. The van der Waals surface area contributed by atoms with Gasteiger partial charge in [-0.05, 0) is 53.2 Å². The molecule has 2 rings (SSSR count). The number of aromatic carboxylic acids is 1. The first-order valence-electron chi connectivity index (χ1n) is 5.92. The van der Waals surface area contributed by atoms with Crippen molar-refractivity contribution in [1.29, 1.82) is 0 Å². The van der Waals surface area contributed by atoms with Crippen LogP contribution in [-0.4, -0.2) is 19.5 Å². The van der Waals surface area contributed by atoms with Gasteiger partial charge in [-0.2, -0.15) is 0 Å². The third-order valence-electron chi connectivity index (χ3n) is 2.78. The van der Waals surface area contributed by atoms with Gasteiger partial charge in [0.25, 0.3) is 10.0 Å². The number of benzene rings is 2. The topological polar surface area (TPSA) is 83.5 Å². The molecule has 2 aromatic rings. The zero-order chi connectivity index (χ0) is 15.6. The minimum Gasteiger partial charge on any atom is -0.478 e. The molecule has 0 saturated carbocycles. The van der Waals surface area contributed by atoms with Crippen molar-refractivity contribution in [3.63, 3.8) is 0 Å². The third kappa shape index (κ3) is 3.62. The monoisotopic (exact) mass is 369 g/mol. The number of rotatable bonds is 4. The summed E-state index contributed by atoms with van der Waals surface area (Å²) < 4.78 is 27.2. The van der Waals surface area contributed by atoms with Crippen molar-refractivity contribution >= 4 is 37.6 Å². The van der Waals surface area contributed by atoms with Gasteiger partial charge >= 0.3 is 5.97 Å². The first-order chi connectivity index (χ1) is 9.79. The summed E-state index contributed by atoms with van der Waals surface area (Å²) in [5.74, 6) is -1.20. The Balaban J connectivity index is 2.38. The molecule has 0 atom stereocenters. The molecule has 0 radical (unpaired) electrons. The van der Waals surface area contributed by atoms with Gasteiger partial charge in [0.05, 0.1) is 10.5 Å². The fraction of sp³-hybridized carbons (Fsp3) is 0.0714. The molecule has 2 N–H and O–H groups in total. The van der Waals surface area contributed by atoms with Crippen LogP contribution in [0.1, 0.15) is 15.9 Å². The molecular formula is C14H12BrNO4S. The molecule has 5 nitrogen and oxygen atoms in total. The average molecular weight is 370 g/mol. The van der Waals surface area contributed by atoms with E-state index >= 15 is 0 Å². The molecule has 110 valence electrons. The number of sulfonamides is 1. The van der Waals surface area contributed by atoms with E-state index in [4.69, 9.17) is 5.11 Å². The van der Waals surface area contributed by atoms with E-state index in [-0.39, 0.29) is 10.5 Å². The molecule has 0 spiro atoms. The lowest BCUT2D eigenvalue weighted by Gasteiger charge is -2.09. The molecule has 0 bridgehead atoms. The van der Waals surface area contributed by atoms with Crippen molar-refractivity contribution in [2.24, 2.45) is 0 Å². The van der Waals surface area contributed by atoms with E-state index in [9.17, 15) is 13.2 Å². The molecule has 0 amide bonds. The van der Waals surface area contributed by atoms with Crippen LogP contribution in [-0.2, 0) is 10.0 Å². The Morgan fingerprint density at radius 2 is 1.76 bits per heavy atom. The van der Waals surface area contributed by atoms with Crippen LogP contribution in [0.5, 0.6) is 0 Å². The molecule has 0 aliphatic heterocycles. The number of hydrogen-bond acceptors (Lipinski definition) is 3. The summed E-state index contributed by atoms with van der Waals surface area (Å²) in [6.07, 6.45) is 0. The first kappa shape index (κ1) is 15.5. The lowest BCUT2D eigenvalue weighted by molar-refractivity contribution is 0.0695. The normalized spacial score (nSPS) is 11.1. The molecule has 0 aromatic heterocycles. The number of carboxylic acids is 1. The predicted molar refractivity (Wildman–Crippen MR) is 83.1 cm³/mol. The average Bonchev–Trinajstić information content (AvgIpc) is 2.41. The maximum absolute atomic E-state index is 12.3. The van der Waals surface area contributed by atoms with E-state index in [1.165, 1.54) is 12.1 Å². The first-order valence-corrected chi connectivity index (χ1v) is 8.19. The Kier molecular flexibility index (Phi) is 4.34. The number of halogens is 1. The fourth-order valence-corrected chi connectivity index (χ4v) is 3.17. The van der Waals surface area contributed by atoms with Crippen LogP contribution in [0.4, 0.5) is 5.69 Å². The van der Waals surface area contributed by atoms with Crippen LogP contribution in [0.15, 0.2) is 51.8 Å². The Morgan fingerprint density at radius 1 is 1.14 bits per heavy atom. The number of aryl methyl sites for hydroxylation is 1. The zero-order valence-corrected chi connectivity index (χ0v) is 13.4. The van der Waals surface area contributed by atoms with E-state index in [0.717, 1.165) is 11.6 Å². The second kappa shape index (κ2) is 5.87. The maximum Gasteiger partial charge on any atom is 0.336 e. The van der Waals surface area contributed by atoms with Crippen LogP contribution in [0.2, 0.25) is 0 Å². The van der Waals surface area contributed by atoms with E-state index < -0.39 is 16.0 Å². The van der Waals surface area contributed by atoms with Crippen molar-refractivity contribution in [3.05, 3.63) is 58.1 Å². The van der Waals surface area contributed by atoms with Crippen molar-refractivity contribution in [3.8, 4) is 0 Å². The van der Waals surface area contributed by atoms with Gasteiger partial charge in [-0.15, -0.1) is 0 Å². The summed E-state index contributed by atoms with van der Waals surface area (Å²) in [5.41, 5.74) is 1.32. The van der Waals surface area contributed by atoms with E-state index in [1.54, 1.807) is 24.3 Å². The van der Waals surface area contributed by atoms with Crippen molar-refractivity contribution < 1.29 is 18.3 Å². The van der Waals surface area contributed by atoms with Crippen molar-refractivity contribution in [2.75, 3.05) is 4.72 Å². The second-order valence-corrected chi connectivity index (χ2v) is 6.96. The van der Waals surface area contributed by atoms with Gasteiger partial charge in [-0.1, -0.05) is 17.7 Å². The van der Waals surface area contributed by atoms with Crippen LogP contribution in [0.25, 0.3) is 0 Å². The second-order valence-electron chi connectivity index (χ2n) is 4.42. The quantitative estimate of drug-likeness (QED) is 0.866. The molecule has 21 heavy (non-hydrogen) atoms. The largest absolute Gasteiger partial charge is 0.478 e. The molecule has 0 aliphatic rings. The Morgan fingerprint density at radius 3 is 2.33 bits per heavy atom. The van der Waals surface area contributed by atoms with E-state index in [0.29, 0.717) is 10.2 Å². The highest BCUT2D eigenvalue weighted by Gasteiger charge is 2.18. The van der Waals surface area contributed by atoms with Crippen molar-refractivity contribution in [1.82, 2.24) is 0 Å². The van der Waals surface area contributed by atoms with Crippen molar-refractivity contribution in [2.45, 2.75) is 11.8 Å². The fourth-order valence-electron chi connectivity index (χ4n) is 1.67. The molecule has 0 saturated heterocycles. The molecule has 2 aromatic carbocycles. The minimum atomic E-state index is -3.83. The lowest BCUT2D eigenvalue weighted by Crippen LogP contribution is -2.14. The Bertz CT molecular complexity index is 785. The van der Waals surface area contributed by atoms with Crippen LogP contribution < -0.4 is 4.72 Å². The summed E-state index contributed by atoms with van der Waals surface area (Å²) in [6.45, 7) is 1.89. The smallest absolute Gasteiger partial charge is 0.336 e. The summed E-state index contributed by atoms with van der Waals surface area (Å²) in [5, 5.41) is 9.03. The highest BCUT2D eigenvalue weighted by Crippen LogP contribution is 2.23. The summed E-state index contributed by atoms with van der Waals surface area (Å²) in [7, 11) is -3.83. The lowest BCUT2D eigenvalue weighted by atomic mass is 10.2. The maximum atomic E-state index is 12.3. The SMILES string of the molecule is Cc1ccc(NS(=O)(=O)c2ccc(Br)c(C(=O)O)c2)cc1. The highest BCUT2D eigenvalue weighted by molar-refractivity contribution is 9.10. The van der Waals surface area contributed by atoms with E-state index in [1.807, 2.05) is 6.92 Å². The minimum absolute atomic E-state index is 0.108. The van der Waals surface area contributed by atoms with Gasteiger partial charge in [-0.25, -0.2) is 13.2 Å². The van der Waals surface area contributed by atoms with Gasteiger partial charge < -0.3 is 5.11 Å². The Labute approximate surface area is 130 Å². The molecule has 0 unspecified atom stereocenters. The number of nitrogens with one attached hydrogen (secondary N) is 1. The van der Waals surface area contributed by atoms with Gasteiger partial charge in [0.2, 0.25) is 0 Å². The number of anilines is 1. The van der Waals surface area contributed by atoms with Gasteiger partial charge in [0.15, 0.2) is 0 Å². The van der Waals surface area contributed by atoms with Crippen LogP contribution in [0, 0.1) is 6.92 Å². The predicted octanol–water partition coefficient (Wildman–Crippen LogP) is 3.26. The van der Waals surface area contributed by atoms with Gasteiger partial charge in [0.1, 0.15) is 0 Å². The van der Waals surface area contributed by atoms with E-state index in [2.05, 4.69) is 20.7 Å².